The molecule has 1 saturated heterocycles. The van der Waals surface area contributed by atoms with Gasteiger partial charge in [0.15, 0.2) is 0 Å². The number of carbonyl (C=O) groups excluding carboxylic acids is 2. The highest BCUT2D eigenvalue weighted by Gasteiger charge is 2.37. The number of piperazine rings is 1. The number of benzene rings is 1. The lowest BCUT2D eigenvalue weighted by Crippen LogP contribution is -2.58. The zero-order valence-electron chi connectivity index (χ0n) is 15.4. The van der Waals surface area contributed by atoms with Gasteiger partial charge in [-0.1, -0.05) is 18.9 Å². The Bertz CT molecular complexity index is 638. The second-order valence-corrected chi connectivity index (χ2v) is 7.22. The summed E-state index contributed by atoms with van der Waals surface area (Å²) < 4.78 is 13.4. The van der Waals surface area contributed by atoms with Gasteiger partial charge in [-0.15, -0.1) is 0 Å². The van der Waals surface area contributed by atoms with Gasteiger partial charge in [0.05, 0.1) is 6.04 Å². The number of likely N-dealkylation sites (N-methyl/N-ethyl adjacent to an activating group) is 1. The summed E-state index contributed by atoms with van der Waals surface area (Å²) in [5.41, 5.74) is 0.384. The number of hydrogen-bond acceptors (Lipinski definition) is 3. The van der Waals surface area contributed by atoms with E-state index in [0.717, 1.165) is 12.8 Å². The van der Waals surface area contributed by atoms with Crippen LogP contribution in [0.15, 0.2) is 24.3 Å². The van der Waals surface area contributed by atoms with Crippen LogP contribution in [0.3, 0.4) is 0 Å². The maximum atomic E-state index is 13.4. The molecule has 1 aliphatic heterocycles. The van der Waals surface area contributed by atoms with Crippen molar-refractivity contribution in [3.05, 3.63) is 35.6 Å². The highest BCUT2D eigenvalue weighted by atomic mass is 19.1. The third kappa shape index (κ3) is 4.23. The minimum absolute atomic E-state index is 0.0936. The van der Waals surface area contributed by atoms with Crippen LogP contribution in [-0.2, 0) is 4.79 Å². The van der Waals surface area contributed by atoms with Crippen molar-refractivity contribution in [3.8, 4) is 0 Å². The maximum absolute atomic E-state index is 13.4. The van der Waals surface area contributed by atoms with Gasteiger partial charge >= 0.3 is 0 Å². The van der Waals surface area contributed by atoms with Crippen LogP contribution in [0.2, 0.25) is 0 Å². The SMILES string of the molecule is CCNC(=O)[C@H](C1CCCC1)N1CCN(C(=O)c2cccc(F)c2)CC1. The summed E-state index contributed by atoms with van der Waals surface area (Å²) in [7, 11) is 0. The largest absolute Gasteiger partial charge is 0.355 e. The first-order valence-electron chi connectivity index (χ1n) is 9.66. The van der Waals surface area contributed by atoms with Crippen molar-refractivity contribution in [1.82, 2.24) is 15.1 Å². The van der Waals surface area contributed by atoms with Gasteiger partial charge in [0.25, 0.3) is 5.91 Å². The number of amides is 2. The molecule has 0 aromatic heterocycles. The predicted molar refractivity (Wildman–Crippen MR) is 98.3 cm³/mol. The number of nitrogens with zero attached hydrogens (tertiary/aromatic N) is 2. The minimum Gasteiger partial charge on any atom is -0.355 e. The van der Waals surface area contributed by atoms with Gasteiger partial charge in [0, 0.05) is 38.3 Å². The number of carbonyl (C=O) groups is 2. The van der Waals surface area contributed by atoms with Gasteiger partial charge in [0.1, 0.15) is 5.82 Å². The fourth-order valence-electron chi connectivity index (χ4n) is 4.24. The summed E-state index contributed by atoms with van der Waals surface area (Å²) in [5.74, 6) is -0.0112. The molecule has 0 bridgehead atoms. The Morgan fingerprint density at radius 3 is 2.50 bits per heavy atom. The summed E-state index contributed by atoms with van der Waals surface area (Å²) in [5, 5.41) is 2.98. The van der Waals surface area contributed by atoms with Crippen molar-refractivity contribution >= 4 is 11.8 Å². The number of halogens is 1. The molecule has 1 heterocycles. The normalized spacial score (nSPS) is 20.2. The van der Waals surface area contributed by atoms with Crippen LogP contribution < -0.4 is 5.32 Å². The molecular formula is C20H28FN3O2. The molecule has 1 N–H and O–H groups in total. The molecule has 0 spiro atoms. The molecule has 2 aliphatic rings. The summed E-state index contributed by atoms with van der Waals surface area (Å²) in [6.07, 6.45) is 4.59. The molecule has 0 unspecified atom stereocenters. The molecule has 142 valence electrons. The van der Waals surface area contributed by atoms with Gasteiger partial charge in [-0.3, -0.25) is 14.5 Å². The second-order valence-electron chi connectivity index (χ2n) is 7.22. The first-order chi connectivity index (χ1) is 12.6. The van der Waals surface area contributed by atoms with Crippen LogP contribution >= 0.6 is 0 Å². The van der Waals surface area contributed by atoms with Crippen molar-refractivity contribution in [2.45, 2.75) is 38.6 Å². The molecule has 26 heavy (non-hydrogen) atoms. The van der Waals surface area contributed by atoms with Crippen molar-refractivity contribution in [2.75, 3.05) is 32.7 Å². The van der Waals surface area contributed by atoms with E-state index in [2.05, 4.69) is 10.2 Å². The molecule has 1 atom stereocenters. The Labute approximate surface area is 154 Å². The molecule has 6 heteroatoms. The van der Waals surface area contributed by atoms with Crippen molar-refractivity contribution < 1.29 is 14.0 Å². The summed E-state index contributed by atoms with van der Waals surface area (Å²) >= 11 is 0. The summed E-state index contributed by atoms with van der Waals surface area (Å²) in [4.78, 5) is 29.2. The Balaban J connectivity index is 1.63. The Morgan fingerprint density at radius 1 is 1.19 bits per heavy atom. The number of hydrogen-bond donors (Lipinski definition) is 1. The quantitative estimate of drug-likeness (QED) is 0.875. The molecule has 0 radical (unpaired) electrons. The standard InChI is InChI=1S/C20H28FN3O2/c1-2-22-19(25)18(15-6-3-4-7-15)23-10-12-24(13-11-23)20(26)16-8-5-9-17(21)14-16/h5,8-9,14-15,18H,2-4,6-7,10-13H2,1H3,(H,22,25)/t18-/m0/s1. The highest BCUT2D eigenvalue weighted by molar-refractivity contribution is 5.94. The van der Waals surface area contributed by atoms with Crippen molar-refractivity contribution in [3.63, 3.8) is 0 Å². The van der Waals surface area contributed by atoms with E-state index in [1.165, 1.54) is 25.0 Å². The zero-order valence-corrected chi connectivity index (χ0v) is 15.4. The Hall–Kier alpha value is -1.95. The number of nitrogens with one attached hydrogen (secondary N) is 1. The molecule has 2 fully saturated rings. The molecule has 5 nitrogen and oxygen atoms in total. The van der Waals surface area contributed by atoms with E-state index in [9.17, 15) is 14.0 Å². The lowest BCUT2D eigenvalue weighted by atomic mass is 9.95. The lowest BCUT2D eigenvalue weighted by Gasteiger charge is -2.40. The molecule has 3 rings (SSSR count). The van der Waals surface area contributed by atoms with E-state index in [1.807, 2.05) is 6.92 Å². The van der Waals surface area contributed by atoms with Gasteiger partial charge in [-0.2, -0.15) is 0 Å². The average molecular weight is 361 g/mol. The van der Waals surface area contributed by atoms with Crippen LogP contribution in [0.5, 0.6) is 0 Å². The Morgan fingerprint density at radius 2 is 1.88 bits per heavy atom. The topological polar surface area (TPSA) is 52.7 Å². The van der Waals surface area contributed by atoms with Crippen molar-refractivity contribution in [1.29, 1.82) is 0 Å². The van der Waals surface area contributed by atoms with Gasteiger partial charge in [-0.05, 0) is 43.9 Å². The molecule has 1 aromatic rings. The summed E-state index contributed by atoms with van der Waals surface area (Å²) in [6.45, 7) is 5.08. The molecule has 1 aromatic carbocycles. The Kier molecular flexibility index (Phi) is 6.25. The first-order valence-corrected chi connectivity index (χ1v) is 9.66. The second kappa shape index (κ2) is 8.62. The van der Waals surface area contributed by atoms with E-state index in [4.69, 9.17) is 0 Å². The van der Waals surface area contributed by atoms with Crippen molar-refractivity contribution in [2.24, 2.45) is 5.92 Å². The fourth-order valence-corrected chi connectivity index (χ4v) is 4.24. The fraction of sp³-hybridized carbons (Fsp3) is 0.600. The van der Waals surface area contributed by atoms with Gasteiger partial charge in [0.2, 0.25) is 5.91 Å². The van der Waals surface area contributed by atoms with E-state index in [0.29, 0.717) is 44.2 Å². The average Bonchev–Trinajstić information content (AvgIpc) is 3.16. The first kappa shape index (κ1) is 18.8. The minimum atomic E-state index is -0.396. The number of rotatable bonds is 5. The maximum Gasteiger partial charge on any atom is 0.254 e. The monoisotopic (exact) mass is 361 g/mol. The van der Waals surface area contributed by atoms with Crippen LogP contribution in [0.25, 0.3) is 0 Å². The molecule has 1 saturated carbocycles. The van der Waals surface area contributed by atoms with E-state index in [-0.39, 0.29) is 17.9 Å². The van der Waals surface area contributed by atoms with E-state index in [1.54, 1.807) is 17.0 Å². The molecule has 1 aliphatic carbocycles. The third-order valence-corrected chi connectivity index (χ3v) is 5.53. The lowest BCUT2D eigenvalue weighted by molar-refractivity contribution is -0.129. The predicted octanol–water partition coefficient (Wildman–Crippen LogP) is 2.28. The van der Waals surface area contributed by atoms with Gasteiger partial charge in [-0.25, -0.2) is 4.39 Å². The van der Waals surface area contributed by atoms with E-state index < -0.39 is 5.82 Å². The third-order valence-electron chi connectivity index (χ3n) is 5.53. The summed E-state index contributed by atoms with van der Waals surface area (Å²) in [6, 6.07) is 5.74. The molecule has 2 amide bonds. The van der Waals surface area contributed by atoms with Crippen LogP contribution in [-0.4, -0.2) is 60.4 Å². The van der Waals surface area contributed by atoms with Gasteiger partial charge < -0.3 is 10.2 Å². The zero-order chi connectivity index (χ0) is 18.5. The van der Waals surface area contributed by atoms with E-state index >= 15 is 0 Å². The smallest absolute Gasteiger partial charge is 0.254 e. The van der Waals surface area contributed by atoms with Crippen LogP contribution in [0, 0.1) is 11.7 Å². The van der Waals surface area contributed by atoms with Crippen LogP contribution in [0.1, 0.15) is 43.0 Å². The van der Waals surface area contributed by atoms with Crippen LogP contribution in [0.4, 0.5) is 4.39 Å². The molecular weight excluding hydrogens is 333 g/mol. The highest BCUT2D eigenvalue weighted by Crippen LogP contribution is 2.31.